The molecule has 1 saturated heterocycles. The van der Waals surface area contributed by atoms with Crippen molar-refractivity contribution in [2.75, 3.05) is 18.8 Å². The zero-order valence-corrected chi connectivity index (χ0v) is 15.1. The SMILES string of the molecule is Cc1nc(SCCC(=O)N2CC[C@@H](c3ccccc3)[C@H](C)C2)n[nH]1. The number of aryl methyl sites for hydroxylation is 1. The molecular weight excluding hydrogens is 320 g/mol. The summed E-state index contributed by atoms with van der Waals surface area (Å²) in [5.41, 5.74) is 1.40. The Morgan fingerprint density at radius 3 is 2.83 bits per heavy atom. The second-order valence-electron chi connectivity index (χ2n) is 6.42. The minimum absolute atomic E-state index is 0.244. The molecule has 0 spiro atoms. The zero-order chi connectivity index (χ0) is 16.9. The van der Waals surface area contributed by atoms with Crippen LogP contribution in [0.15, 0.2) is 35.5 Å². The number of amides is 1. The van der Waals surface area contributed by atoms with Gasteiger partial charge in [-0.25, -0.2) is 4.98 Å². The quantitative estimate of drug-likeness (QED) is 0.846. The van der Waals surface area contributed by atoms with Crippen LogP contribution < -0.4 is 0 Å². The number of benzene rings is 1. The number of H-pyrrole nitrogens is 1. The molecule has 5 nitrogen and oxygen atoms in total. The van der Waals surface area contributed by atoms with E-state index < -0.39 is 0 Å². The summed E-state index contributed by atoms with van der Waals surface area (Å²) in [6, 6.07) is 10.7. The highest BCUT2D eigenvalue weighted by molar-refractivity contribution is 7.99. The maximum Gasteiger partial charge on any atom is 0.223 e. The lowest BCUT2D eigenvalue weighted by molar-refractivity contribution is -0.132. The first-order valence-electron chi connectivity index (χ1n) is 8.48. The largest absolute Gasteiger partial charge is 0.342 e. The molecule has 1 aromatic carbocycles. The number of nitrogens with zero attached hydrogens (tertiary/aromatic N) is 3. The zero-order valence-electron chi connectivity index (χ0n) is 14.2. The molecule has 0 saturated carbocycles. The molecule has 2 atom stereocenters. The first-order valence-corrected chi connectivity index (χ1v) is 9.46. The number of rotatable bonds is 5. The summed E-state index contributed by atoms with van der Waals surface area (Å²) in [6.07, 6.45) is 1.59. The van der Waals surface area contributed by atoms with Gasteiger partial charge in [0.2, 0.25) is 11.1 Å². The molecule has 2 aromatic rings. The summed E-state index contributed by atoms with van der Waals surface area (Å²) in [7, 11) is 0. The molecule has 1 aromatic heterocycles. The Balaban J connectivity index is 1.47. The number of hydrogen-bond acceptors (Lipinski definition) is 4. The summed E-state index contributed by atoms with van der Waals surface area (Å²) < 4.78 is 0. The molecule has 0 unspecified atom stereocenters. The number of carbonyl (C=O) groups excluding carboxylic acids is 1. The summed E-state index contributed by atoms with van der Waals surface area (Å²) in [6.45, 7) is 5.83. The van der Waals surface area contributed by atoms with Gasteiger partial charge < -0.3 is 4.90 Å². The normalized spacial score (nSPS) is 21.0. The lowest BCUT2D eigenvalue weighted by Crippen LogP contribution is -2.42. The van der Waals surface area contributed by atoms with E-state index >= 15 is 0 Å². The van der Waals surface area contributed by atoms with E-state index in [1.165, 1.54) is 17.3 Å². The third kappa shape index (κ3) is 4.17. The number of aromatic nitrogens is 3. The fourth-order valence-electron chi connectivity index (χ4n) is 3.34. The van der Waals surface area contributed by atoms with Crippen molar-refractivity contribution in [1.29, 1.82) is 0 Å². The smallest absolute Gasteiger partial charge is 0.223 e. The van der Waals surface area contributed by atoms with E-state index in [2.05, 4.69) is 52.4 Å². The van der Waals surface area contributed by atoms with Crippen LogP contribution in [0.2, 0.25) is 0 Å². The van der Waals surface area contributed by atoms with E-state index in [0.717, 1.165) is 36.2 Å². The Labute approximate surface area is 147 Å². The molecule has 128 valence electrons. The lowest BCUT2D eigenvalue weighted by atomic mass is 9.81. The molecule has 0 aliphatic carbocycles. The van der Waals surface area contributed by atoms with E-state index in [1.807, 2.05) is 11.8 Å². The van der Waals surface area contributed by atoms with Crippen molar-refractivity contribution in [3.63, 3.8) is 0 Å². The van der Waals surface area contributed by atoms with Crippen LogP contribution in [0.4, 0.5) is 0 Å². The van der Waals surface area contributed by atoms with Gasteiger partial charge in [0.05, 0.1) is 0 Å². The first kappa shape index (κ1) is 17.0. The number of nitrogens with one attached hydrogen (secondary N) is 1. The third-order valence-electron chi connectivity index (χ3n) is 4.61. The van der Waals surface area contributed by atoms with Crippen LogP contribution in [-0.2, 0) is 4.79 Å². The number of piperidine rings is 1. The first-order chi connectivity index (χ1) is 11.6. The third-order valence-corrected chi connectivity index (χ3v) is 5.46. The molecule has 3 rings (SSSR count). The van der Waals surface area contributed by atoms with Crippen molar-refractivity contribution in [2.24, 2.45) is 5.92 Å². The van der Waals surface area contributed by atoms with Crippen LogP contribution in [0.25, 0.3) is 0 Å². The average Bonchev–Trinajstić information content (AvgIpc) is 3.00. The van der Waals surface area contributed by atoms with Crippen molar-refractivity contribution < 1.29 is 4.79 Å². The van der Waals surface area contributed by atoms with Crippen molar-refractivity contribution >= 4 is 17.7 Å². The Bertz CT molecular complexity index is 673. The predicted molar refractivity (Wildman–Crippen MR) is 96.0 cm³/mol. The number of aromatic amines is 1. The summed E-state index contributed by atoms with van der Waals surface area (Å²) >= 11 is 1.53. The van der Waals surface area contributed by atoms with E-state index in [1.54, 1.807) is 0 Å². The molecular formula is C18H24N4OS. The Kier molecular flexibility index (Phi) is 5.56. The molecule has 1 N–H and O–H groups in total. The van der Waals surface area contributed by atoms with Gasteiger partial charge in [-0.2, -0.15) is 0 Å². The molecule has 1 aliphatic heterocycles. The molecule has 1 fully saturated rings. The summed E-state index contributed by atoms with van der Waals surface area (Å²) in [5, 5.41) is 7.62. The van der Waals surface area contributed by atoms with Crippen LogP contribution in [0.1, 0.15) is 37.1 Å². The predicted octanol–water partition coefficient (Wildman–Crippen LogP) is 3.25. The number of carbonyl (C=O) groups is 1. The van der Waals surface area contributed by atoms with Gasteiger partial charge in [-0.05, 0) is 30.7 Å². The molecule has 1 aliphatic rings. The Morgan fingerprint density at radius 2 is 2.17 bits per heavy atom. The van der Waals surface area contributed by atoms with Gasteiger partial charge in [-0.1, -0.05) is 49.0 Å². The highest BCUT2D eigenvalue weighted by Gasteiger charge is 2.29. The van der Waals surface area contributed by atoms with Crippen LogP contribution in [-0.4, -0.2) is 44.8 Å². The Morgan fingerprint density at radius 1 is 1.38 bits per heavy atom. The van der Waals surface area contributed by atoms with Gasteiger partial charge >= 0.3 is 0 Å². The molecule has 1 amide bonds. The second-order valence-corrected chi connectivity index (χ2v) is 7.49. The number of hydrogen-bond donors (Lipinski definition) is 1. The lowest BCUT2D eigenvalue weighted by Gasteiger charge is -2.37. The highest BCUT2D eigenvalue weighted by Crippen LogP contribution is 2.32. The standard InChI is InChI=1S/C18H24N4OS/c1-13-12-22(10-8-16(13)15-6-4-3-5-7-15)17(23)9-11-24-18-19-14(2)20-21-18/h3-7,13,16H,8-12H2,1-2H3,(H,19,20,21)/t13-,16-/m1/s1. The van der Waals surface area contributed by atoms with Gasteiger partial charge in [0.25, 0.3) is 0 Å². The molecule has 0 bridgehead atoms. The topological polar surface area (TPSA) is 61.9 Å². The highest BCUT2D eigenvalue weighted by atomic mass is 32.2. The molecule has 2 heterocycles. The summed E-state index contributed by atoms with van der Waals surface area (Å²) in [5.74, 6) is 2.83. The van der Waals surface area contributed by atoms with Gasteiger partial charge in [0.1, 0.15) is 5.82 Å². The summed E-state index contributed by atoms with van der Waals surface area (Å²) in [4.78, 5) is 18.7. The fourth-order valence-corrected chi connectivity index (χ4v) is 4.11. The second kappa shape index (κ2) is 7.83. The van der Waals surface area contributed by atoms with Crippen LogP contribution in [0.5, 0.6) is 0 Å². The van der Waals surface area contributed by atoms with E-state index in [0.29, 0.717) is 18.3 Å². The van der Waals surface area contributed by atoms with Crippen molar-refractivity contribution in [2.45, 2.75) is 37.8 Å². The van der Waals surface area contributed by atoms with Gasteiger partial charge in [-0.15, -0.1) is 5.10 Å². The van der Waals surface area contributed by atoms with E-state index in [9.17, 15) is 4.79 Å². The molecule has 24 heavy (non-hydrogen) atoms. The van der Waals surface area contributed by atoms with Gasteiger partial charge in [-0.3, -0.25) is 9.89 Å². The van der Waals surface area contributed by atoms with Crippen molar-refractivity contribution in [3.05, 3.63) is 41.7 Å². The Hall–Kier alpha value is -1.82. The van der Waals surface area contributed by atoms with Crippen molar-refractivity contribution in [3.8, 4) is 0 Å². The fraction of sp³-hybridized carbons (Fsp3) is 0.500. The minimum atomic E-state index is 0.244. The maximum atomic E-state index is 12.4. The van der Waals surface area contributed by atoms with E-state index in [4.69, 9.17) is 0 Å². The molecule has 6 heteroatoms. The van der Waals surface area contributed by atoms with Crippen molar-refractivity contribution in [1.82, 2.24) is 20.1 Å². The van der Waals surface area contributed by atoms with Crippen LogP contribution in [0, 0.1) is 12.8 Å². The average molecular weight is 344 g/mol. The van der Waals surface area contributed by atoms with Crippen LogP contribution >= 0.6 is 11.8 Å². The van der Waals surface area contributed by atoms with Gasteiger partial charge in [0, 0.05) is 25.3 Å². The monoisotopic (exact) mass is 344 g/mol. The molecule has 0 radical (unpaired) electrons. The maximum absolute atomic E-state index is 12.4. The van der Waals surface area contributed by atoms with Crippen LogP contribution in [0.3, 0.4) is 0 Å². The number of thioether (sulfide) groups is 1. The number of likely N-dealkylation sites (tertiary alicyclic amines) is 1. The van der Waals surface area contributed by atoms with E-state index in [-0.39, 0.29) is 5.91 Å². The minimum Gasteiger partial charge on any atom is -0.342 e. The van der Waals surface area contributed by atoms with Gasteiger partial charge in [0.15, 0.2) is 0 Å².